The Hall–Kier alpha value is -5.63. The van der Waals surface area contributed by atoms with Crippen molar-refractivity contribution in [2.75, 3.05) is 4.90 Å². The van der Waals surface area contributed by atoms with Crippen LogP contribution in [0.2, 0.25) is 0 Å². The van der Waals surface area contributed by atoms with Crippen LogP contribution in [0.1, 0.15) is 0 Å². The Bertz CT molecular complexity index is 2290. The van der Waals surface area contributed by atoms with Crippen LogP contribution in [-0.4, -0.2) is 15.0 Å². The van der Waals surface area contributed by atoms with E-state index in [4.69, 9.17) is 19.4 Å². The molecule has 218 valence electrons. The molecule has 7 heteroatoms. The minimum absolute atomic E-state index is 0.595. The average Bonchev–Trinajstić information content (AvgIpc) is 3.86. The molecule has 0 saturated carbocycles. The Morgan fingerprint density at radius 1 is 0.435 bits per heavy atom. The Labute approximate surface area is 272 Å². The maximum atomic E-state index is 6.15. The zero-order valence-electron chi connectivity index (χ0n) is 24.4. The SMILES string of the molecule is c1cc(-c2nc3ccccc3o2)cc(N(c2ccc(-c3nc4ccccc4s3)cc2)c2cccc(-c3nc4ccccc4s3)c2)c1. The number of aromatic nitrogens is 3. The quantitative estimate of drug-likeness (QED) is 0.183. The molecular weight excluding hydrogens is 605 g/mol. The first-order chi connectivity index (χ1) is 22.7. The molecule has 0 aliphatic heterocycles. The number of nitrogens with zero attached hydrogens (tertiary/aromatic N) is 4. The number of thiazole rings is 2. The third kappa shape index (κ3) is 4.83. The molecule has 0 spiro atoms. The topological polar surface area (TPSA) is 55.1 Å². The highest BCUT2D eigenvalue weighted by Crippen LogP contribution is 2.40. The first-order valence-electron chi connectivity index (χ1n) is 14.9. The number of para-hydroxylation sites is 4. The van der Waals surface area contributed by atoms with Gasteiger partial charge in [0.15, 0.2) is 5.58 Å². The Morgan fingerprint density at radius 3 is 1.65 bits per heavy atom. The van der Waals surface area contributed by atoms with Gasteiger partial charge in [0.05, 0.1) is 20.4 Å². The van der Waals surface area contributed by atoms with E-state index in [0.29, 0.717) is 5.89 Å². The van der Waals surface area contributed by atoms with Crippen LogP contribution in [0.4, 0.5) is 17.1 Å². The van der Waals surface area contributed by atoms with E-state index in [1.807, 2.05) is 42.5 Å². The van der Waals surface area contributed by atoms with Gasteiger partial charge in [0.1, 0.15) is 15.5 Å². The van der Waals surface area contributed by atoms with E-state index in [1.165, 1.54) is 9.40 Å². The van der Waals surface area contributed by atoms with Crippen molar-refractivity contribution in [3.63, 3.8) is 0 Å². The fourth-order valence-electron chi connectivity index (χ4n) is 5.74. The normalized spacial score (nSPS) is 11.5. The van der Waals surface area contributed by atoms with Gasteiger partial charge in [-0.05, 0) is 91.0 Å². The zero-order valence-corrected chi connectivity index (χ0v) is 26.0. The van der Waals surface area contributed by atoms with E-state index < -0.39 is 0 Å². The molecule has 0 unspecified atom stereocenters. The molecule has 0 saturated heterocycles. The van der Waals surface area contributed by atoms with Gasteiger partial charge in [-0.3, -0.25) is 0 Å². The molecule has 0 aliphatic carbocycles. The van der Waals surface area contributed by atoms with E-state index in [0.717, 1.165) is 65.9 Å². The molecule has 9 aromatic rings. The van der Waals surface area contributed by atoms with E-state index in [1.54, 1.807) is 22.7 Å². The standard InChI is InChI=1S/C39H24N4OS2/c1-4-16-34-31(13-1)40-37(44-34)26-9-7-11-29(23-26)43(28-21-19-25(20-22-28)38-41-32-14-2-5-17-35(32)45-38)30-12-8-10-27(24-30)39-42-33-15-3-6-18-36(33)46-39/h1-24H. The molecule has 9 rings (SSSR count). The Balaban J connectivity index is 1.16. The van der Waals surface area contributed by atoms with E-state index in [9.17, 15) is 0 Å². The van der Waals surface area contributed by atoms with E-state index >= 15 is 0 Å². The highest BCUT2D eigenvalue weighted by atomic mass is 32.1. The second kappa shape index (κ2) is 11.1. The maximum absolute atomic E-state index is 6.15. The molecule has 3 aromatic heterocycles. The first kappa shape index (κ1) is 26.7. The van der Waals surface area contributed by atoms with Gasteiger partial charge in [0.2, 0.25) is 5.89 Å². The third-order valence-corrected chi connectivity index (χ3v) is 10.1. The molecule has 3 heterocycles. The van der Waals surface area contributed by atoms with E-state index in [2.05, 4.69) is 108 Å². The lowest BCUT2D eigenvalue weighted by atomic mass is 10.1. The Kier molecular flexibility index (Phi) is 6.43. The fraction of sp³-hybridized carbons (Fsp3) is 0. The van der Waals surface area contributed by atoms with Crippen LogP contribution in [-0.2, 0) is 0 Å². The van der Waals surface area contributed by atoms with Gasteiger partial charge in [-0.2, -0.15) is 0 Å². The smallest absolute Gasteiger partial charge is 0.227 e. The van der Waals surface area contributed by atoms with Crippen molar-refractivity contribution in [3.8, 4) is 32.6 Å². The number of anilines is 3. The van der Waals surface area contributed by atoms with Crippen molar-refractivity contribution in [1.82, 2.24) is 15.0 Å². The average molecular weight is 629 g/mol. The van der Waals surface area contributed by atoms with Crippen LogP contribution in [0.25, 0.3) is 64.1 Å². The van der Waals surface area contributed by atoms with Crippen LogP contribution < -0.4 is 4.90 Å². The molecule has 5 nitrogen and oxygen atoms in total. The van der Waals surface area contributed by atoms with Gasteiger partial charge in [-0.15, -0.1) is 22.7 Å². The molecule has 0 aliphatic rings. The number of hydrogen-bond donors (Lipinski definition) is 0. The van der Waals surface area contributed by atoms with Crippen LogP contribution in [0.15, 0.2) is 150 Å². The van der Waals surface area contributed by atoms with Crippen molar-refractivity contribution in [2.45, 2.75) is 0 Å². The highest BCUT2D eigenvalue weighted by Gasteiger charge is 2.18. The van der Waals surface area contributed by atoms with E-state index in [-0.39, 0.29) is 0 Å². The third-order valence-electron chi connectivity index (χ3n) is 7.96. The lowest BCUT2D eigenvalue weighted by molar-refractivity contribution is 0.620. The molecule has 0 N–H and O–H groups in total. The van der Waals surface area contributed by atoms with Crippen molar-refractivity contribution in [3.05, 3.63) is 146 Å². The van der Waals surface area contributed by atoms with Gasteiger partial charge >= 0.3 is 0 Å². The fourth-order valence-corrected chi connectivity index (χ4v) is 7.68. The number of rotatable bonds is 6. The minimum atomic E-state index is 0.595. The summed E-state index contributed by atoms with van der Waals surface area (Å²) in [5.41, 5.74) is 9.78. The van der Waals surface area contributed by atoms with Crippen molar-refractivity contribution >= 4 is 71.3 Å². The van der Waals surface area contributed by atoms with Crippen molar-refractivity contribution in [1.29, 1.82) is 0 Å². The molecule has 0 bridgehead atoms. The van der Waals surface area contributed by atoms with Gasteiger partial charge in [0, 0.05) is 33.8 Å². The maximum Gasteiger partial charge on any atom is 0.227 e. The lowest BCUT2D eigenvalue weighted by Crippen LogP contribution is -2.10. The monoisotopic (exact) mass is 628 g/mol. The second-order valence-corrected chi connectivity index (χ2v) is 13.0. The largest absolute Gasteiger partial charge is 0.436 e. The number of oxazole rings is 1. The molecule has 0 radical (unpaired) electrons. The summed E-state index contributed by atoms with van der Waals surface area (Å²) < 4.78 is 8.52. The summed E-state index contributed by atoms with van der Waals surface area (Å²) in [5.74, 6) is 0.595. The van der Waals surface area contributed by atoms with Gasteiger partial charge in [-0.25, -0.2) is 15.0 Å². The Morgan fingerprint density at radius 2 is 1.00 bits per heavy atom. The summed E-state index contributed by atoms with van der Waals surface area (Å²) in [5, 5.41) is 2.00. The molecule has 6 aromatic carbocycles. The van der Waals surface area contributed by atoms with Crippen LogP contribution in [0.5, 0.6) is 0 Å². The van der Waals surface area contributed by atoms with Gasteiger partial charge in [0.25, 0.3) is 0 Å². The summed E-state index contributed by atoms with van der Waals surface area (Å²) in [7, 11) is 0. The van der Waals surface area contributed by atoms with Crippen LogP contribution in [0.3, 0.4) is 0 Å². The summed E-state index contributed by atoms with van der Waals surface area (Å²) in [4.78, 5) is 16.9. The van der Waals surface area contributed by atoms with Crippen molar-refractivity contribution in [2.24, 2.45) is 0 Å². The molecule has 0 atom stereocenters. The number of benzene rings is 6. The highest BCUT2D eigenvalue weighted by molar-refractivity contribution is 7.22. The summed E-state index contributed by atoms with van der Waals surface area (Å²) in [6.07, 6.45) is 0. The summed E-state index contributed by atoms with van der Waals surface area (Å²) >= 11 is 3.42. The summed E-state index contributed by atoms with van der Waals surface area (Å²) in [6.45, 7) is 0. The molecule has 0 fully saturated rings. The predicted octanol–water partition coefficient (Wildman–Crippen LogP) is 11.5. The zero-order chi connectivity index (χ0) is 30.5. The van der Waals surface area contributed by atoms with Crippen LogP contribution >= 0.6 is 22.7 Å². The lowest BCUT2D eigenvalue weighted by Gasteiger charge is -2.26. The van der Waals surface area contributed by atoms with Gasteiger partial charge < -0.3 is 9.32 Å². The predicted molar refractivity (Wildman–Crippen MR) is 191 cm³/mol. The first-order valence-corrected chi connectivity index (χ1v) is 16.6. The van der Waals surface area contributed by atoms with Gasteiger partial charge in [-0.1, -0.05) is 54.6 Å². The van der Waals surface area contributed by atoms with Crippen molar-refractivity contribution < 1.29 is 4.42 Å². The number of hydrogen-bond acceptors (Lipinski definition) is 7. The second-order valence-electron chi connectivity index (χ2n) is 10.9. The molecule has 0 amide bonds. The molecule has 46 heavy (non-hydrogen) atoms. The summed E-state index contributed by atoms with van der Waals surface area (Å²) in [6, 6.07) is 50.0. The number of fused-ring (bicyclic) bond motifs is 3. The molecular formula is C39H24N4OS2. The minimum Gasteiger partial charge on any atom is -0.436 e. The van der Waals surface area contributed by atoms with Crippen LogP contribution in [0, 0.1) is 0 Å².